The standard InChI is InChI=1S/C38H40Cl2N6O7/c1-38(20-47,37(50)51)43-17-21-9-13-31(42-16-21)45-34(49)28-8-4-7-27(33(28)40)24-5-3-6-26-25(24)11-12-30(26)53-36-29(39)15-22(35(46-36)52-2)18-41-19-23-10-14-32(48)44-23/h3-9,13,15-16,23,30,41,43,47H,10-12,14,17-20H2,1-2H3,(H,44,48)(H,50,51)(H,42,45,49)/t23-,30-,38+/m0/s1. The number of ether oxygens (including phenoxy) is 2. The molecular formula is C38H40Cl2N6O7. The Kier molecular flexibility index (Phi) is 11.8. The number of nitrogens with zero attached hydrogens (tertiary/aromatic N) is 2. The molecule has 0 spiro atoms. The lowest BCUT2D eigenvalue weighted by atomic mass is 9.95. The molecule has 0 unspecified atom stereocenters. The van der Waals surface area contributed by atoms with Crippen molar-refractivity contribution in [1.29, 1.82) is 0 Å². The number of aromatic nitrogens is 2. The van der Waals surface area contributed by atoms with E-state index >= 15 is 0 Å². The molecule has 6 rings (SSSR count). The van der Waals surface area contributed by atoms with Crippen molar-refractivity contribution in [2.75, 3.05) is 25.6 Å². The molecule has 1 aliphatic heterocycles. The fraction of sp³-hybridized carbons (Fsp3) is 0.342. The number of benzene rings is 2. The largest absolute Gasteiger partial charge is 0.481 e. The molecule has 2 aromatic carbocycles. The second kappa shape index (κ2) is 16.5. The third-order valence-electron chi connectivity index (χ3n) is 9.51. The summed E-state index contributed by atoms with van der Waals surface area (Å²) in [6, 6.07) is 16.4. The van der Waals surface area contributed by atoms with E-state index in [-0.39, 0.29) is 46.9 Å². The molecule has 0 bridgehead atoms. The number of methoxy groups -OCH3 is 1. The van der Waals surface area contributed by atoms with Gasteiger partial charge in [-0.1, -0.05) is 59.6 Å². The summed E-state index contributed by atoms with van der Waals surface area (Å²) in [4.78, 5) is 45.2. The number of halogens is 2. The number of rotatable bonds is 15. The molecule has 1 fully saturated rings. The van der Waals surface area contributed by atoms with Gasteiger partial charge in [0.1, 0.15) is 22.5 Å². The van der Waals surface area contributed by atoms with Crippen LogP contribution in [0.15, 0.2) is 60.8 Å². The summed E-state index contributed by atoms with van der Waals surface area (Å²) in [5, 5.41) is 31.3. The van der Waals surface area contributed by atoms with Gasteiger partial charge in [0.2, 0.25) is 17.7 Å². The van der Waals surface area contributed by atoms with Crippen LogP contribution in [0.4, 0.5) is 5.82 Å². The second-order valence-electron chi connectivity index (χ2n) is 13.2. The summed E-state index contributed by atoms with van der Waals surface area (Å²) >= 11 is 13.6. The molecule has 2 aliphatic rings. The van der Waals surface area contributed by atoms with Crippen molar-refractivity contribution in [3.05, 3.63) is 98.7 Å². The minimum Gasteiger partial charge on any atom is -0.481 e. The number of hydrogen-bond acceptors (Lipinski definition) is 10. The normalized spacial score (nSPS) is 17.5. The Morgan fingerprint density at radius 2 is 1.83 bits per heavy atom. The molecule has 3 atom stereocenters. The highest BCUT2D eigenvalue weighted by atomic mass is 35.5. The van der Waals surface area contributed by atoms with Crippen molar-refractivity contribution in [3.8, 4) is 22.9 Å². The number of carboxylic acid groups (broad SMARTS) is 1. The summed E-state index contributed by atoms with van der Waals surface area (Å²) in [5.74, 6) is -0.605. The van der Waals surface area contributed by atoms with Crippen molar-refractivity contribution in [2.45, 2.75) is 63.4 Å². The minimum atomic E-state index is -1.50. The molecule has 1 saturated heterocycles. The number of aliphatic carboxylic acids is 1. The minimum absolute atomic E-state index is 0.0683. The third-order valence-corrected chi connectivity index (χ3v) is 10.2. The van der Waals surface area contributed by atoms with Crippen LogP contribution in [0.25, 0.3) is 11.1 Å². The molecule has 278 valence electrons. The molecule has 0 radical (unpaired) electrons. The van der Waals surface area contributed by atoms with Crippen LogP contribution in [0.1, 0.15) is 64.9 Å². The van der Waals surface area contributed by atoms with Crippen LogP contribution in [0.5, 0.6) is 11.8 Å². The van der Waals surface area contributed by atoms with E-state index in [0.29, 0.717) is 54.4 Å². The monoisotopic (exact) mass is 762 g/mol. The van der Waals surface area contributed by atoms with Crippen molar-refractivity contribution in [2.24, 2.45) is 0 Å². The fourth-order valence-electron chi connectivity index (χ4n) is 6.42. The number of nitrogens with one attached hydrogen (secondary N) is 4. The number of aliphatic hydroxyl groups excluding tert-OH is 1. The summed E-state index contributed by atoms with van der Waals surface area (Å²) in [6.45, 7) is 2.04. The number of pyridine rings is 2. The van der Waals surface area contributed by atoms with Crippen LogP contribution in [-0.2, 0) is 29.1 Å². The highest BCUT2D eigenvalue weighted by Crippen LogP contribution is 2.43. The first-order valence-corrected chi connectivity index (χ1v) is 17.9. The Morgan fingerprint density at radius 3 is 2.53 bits per heavy atom. The van der Waals surface area contributed by atoms with Gasteiger partial charge in [0.15, 0.2) is 0 Å². The number of hydrogen-bond donors (Lipinski definition) is 6. The van der Waals surface area contributed by atoms with E-state index < -0.39 is 24.0 Å². The van der Waals surface area contributed by atoms with E-state index in [1.807, 2.05) is 24.3 Å². The maximum absolute atomic E-state index is 13.4. The van der Waals surface area contributed by atoms with Crippen molar-refractivity contribution >= 4 is 46.8 Å². The first kappa shape index (κ1) is 38.0. The zero-order valence-electron chi connectivity index (χ0n) is 29.2. The van der Waals surface area contributed by atoms with Gasteiger partial charge in [-0.25, -0.2) is 4.98 Å². The van der Waals surface area contributed by atoms with Crippen molar-refractivity contribution < 1.29 is 34.1 Å². The van der Waals surface area contributed by atoms with Crippen molar-refractivity contribution in [3.63, 3.8) is 0 Å². The number of fused-ring (bicyclic) bond motifs is 1. The summed E-state index contributed by atoms with van der Waals surface area (Å²) in [6.07, 6.45) is 3.90. The van der Waals surface area contributed by atoms with E-state index in [0.717, 1.165) is 28.7 Å². The fourth-order valence-corrected chi connectivity index (χ4v) is 6.95. The lowest BCUT2D eigenvalue weighted by molar-refractivity contribution is -0.146. The first-order valence-electron chi connectivity index (χ1n) is 17.2. The number of anilines is 1. The highest BCUT2D eigenvalue weighted by molar-refractivity contribution is 6.37. The Balaban J connectivity index is 1.13. The molecule has 15 heteroatoms. The van der Waals surface area contributed by atoms with Gasteiger partial charge < -0.3 is 35.6 Å². The van der Waals surface area contributed by atoms with E-state index in [2.05, 4.69) is 31.2 Å². The summed E-state index contributed by atoms with van der Waals surface area (Å²) < 4.78 is 12.0. The number of aliphatic hydroxyl groups is 1. The average Bonchev–Trinajstić information content (AvgIpc) is 3.77. The molecular weight excluding hydrogens is 723 g/mol. The first-order chi connectivity index (χ1) is 25.5. The number of carbonyl (C=O) groups excluding carboxylic acids is 2. The predicted octanol–water partition coefficient (Wildman–Crippen LogP) is 5.07. The predicted molar refractivity (Wildman–Crippen MR) is 199 cm³/mol. The van der Waals surface area contributed by atoms with Crippen molar-refractivity contribution in [1.82, 2.24) is 25.9 Å². The Bertz CT molecular complexity index is 2010. The van der Waals surface area contributed by atoms with Gasteiger partial charge in [-0.05, 0) is 66.6 Å². The maximum Gasteiger partial charge on any atom is 0.326 e. The molecule has 3 heterocycles. The van der Waals surface area contributed by atoms with Gasteiger partial charge in [0.05, 0.1) is 24.3 Å². The highest BCUT2D eigenvalue weighted by Gasteiger charge is 2.32. The van der Waals surface area contributed by atoms with E-state index in [1.54, 1.807) is 37.4 Å². The smallest absolute Gasteiger partial charge is 0.326 e. The van der Waals surface area contributed by atoms with Crippen LogP contribution in [0.2, 0.25) is 10.0 Å². The van der Waals surface area contributed by atoms with Gasteiger partial charge in [0.25, 0.3) is 5.91 Å². The van der Waals surface area contributed by atoms with E-state index in [9.17, 15) is 24.6 Å². The van der Waals surface area contributed by atoms with E-state index in [1.165, 1.54) is 13.1 Å². The Hall–Kier alpha value is -4.79. The second-order valence-corrected chi connectivity index (χ2v) is 14.0. The molecule has 53 heavy (non-hydrogen) atoms. The van der Waals surface area contributed by atoms with Gasteiger partial charge in [0, 0.05) is 49.4 Å². The molecule has 2 amide bonds. The number of carboxylic acids is 1. The van der Waals surface area contributed by atoms with Crippen LogP contribution in [0.3, 0.4) is 0 Å². The average molecular weight is 764 g/mol. The molecule has 4 aromatic rings. The van der Waals surface area contributed by atoms with Gasteiger partial charge in [-0.2, -0.15) is 4.98 Å². The molecule has 1 aliphatic carbocycles. The van der Waals surface area contributed by atoms with Crippen LogP contribution in [0, 0.1) is 0 Å². The van der Waals surface area contributed by atoms with Crippen LogP contribution < -0.4 is 30.7 Å². The van der Waals surface area contributed by atoms with Crippen LogP contribution >= 0.6 is 23.2 Å². The maximum atomic E-state index is 13.4. The van der Waals surface area contributed by atoms with E-state index in [4.69, 9.17) is 32.7 Å². The molecule has 6 N–H and O–H groups in total. The lowest BCUT2D eigenvalue weighted by Crippen LogP contribution is -2.52. The Labute approximate surface area is 316 Å². The Morgan fingerprint density at radius 1 is 1.04 bits per heavy atom. The van der Waals surface area contributed by atoms with Gasteiger partial charge >= 0.3 is 5.97 Å². The van der Waals surface area contributed by atoms with Crippen LogP contribution in [-0.4, -0.2) is 69.8 Å². The molecule has 0 saturated carbocycles. The number of amides is 2. The van der Waals surface area contributed by atoms with Gasteiger partial charge in [-0.3, -0.25) is 19.7 Å². The lowest BCUT2D eigenvalue weighted by Gasteiger charge is -2.23. The molecule has 2 aromatic heterocycles. The summed E-state index contributed by atoms with van der Waals surface area (Å²) in [7, 11) is 1.54. The zero-order chi connectivity index (χ0) is 37.7. The summed E-state index contributed by atoms with van der Waals surface area (Å²) in [5.41, 5.74) is 3.81. The third kappa shape index (κ3) is 8.55. The zero-order valence-corrected chi connectivity index (χ0v) is 30.7. The number of carbonyl (C=O) groups is 3. The van der Waals surface area contributed by atoms with Gasteiger partial charge in [-0.15, -0.1) is 0 Å². The molecule has 13 nitrogen and oxygen atoms in total. The SMILES string of the molecule is COc1nc(O[C@H]2CCc3c(-c4cccc(C(=O)Nc5ccc(CN[C@](C)(CO)C(=O)O)cn5)c4Cl)cccc32)c(Cl)cc1CNC[C@@H]1CCC(=O)N1. The quantitative estimate of drug-likeness (QED) is 0.0951. The topological polar surface area (TPSA) is 184 Å².